The van der Waals surface area contributed by atoms with E-state index in [-0.39, 0.29) is 12.0 Å². The van der Waals surface area contributed by atoms with Crippen molar-refractivity contribution in [3.63, 3.8) is 0 Å². The number of carbonyl (C=O) groups is 2. The number of likely N-dealkylation sites (N-methyl/N-ethyl adjacent to an activating group) is 1. The summed E-state index contributed by atoms with van der Waals surface area (Å²) < 4.78 is 11.2. The predicted molar refractivity (Wildman–Crippen MR) is 101 cm³/mol. The van der Waals surface area contributed by atoms with Gasteiger partial charge >= 0.3 is 6.09 Å². The van der Waals surface area contributed by atoms with E-state index in [4.69, 9.17) is 9.15 Å². The predicted octanol–water partition coefficient (Wildman–Crippen LogP) is 2.06. The number of rotatable bonds is 5. The summed E-state index contributed by atoms with van der Waals surface area (Å²) in [5.41, 5.74) is 0.249. The van der Waals surface area contributed by atoms with E-state index in [0.29, 0.717) is 42.9 Å². The van der Waals surface area contributed by atoms with Crippen LogP contribution < -0.4 is 0 Å². The van der Waals surface area contributed by atoms with Gasteiger partial charge in [0.05, 0.1) is 13.1 Å². The first kappa shape index (κ1) is 18.7. The number of pyridine rings is 1. The van der Waals surface area contributed by atoms with Gasteiger partial charge in [-0.05, 0) is 25.0 Å². The summed E-state index contributed by atoms with van der Waals surface area (Å²) in [6, 6.07) is 3.59. The summed E-state index contributed by atoms with van der Waals surface area (Å²) in [6.07, 6.45) is 5.00. The molecular weight excluding hydrogens is 382 g/mol. The number of likely N-dealkylation sites (tertiary alicyclic amines) is 1. The molecule has 9 nitrogen and oxygen atoms in total. The van der Waals surface area contributed by atoms with Crippen LogP contribution >= 0.6 is 11.8 Å². The number of aromatic nitrogens is 3. The lowest BCUT2D eigenvalue weighted by molar-refractivity contribution is -0.136. The van der Waals surface area contributed by atoms with E-state index in [2.05, 4.69) is 15.2 Å². The minimum atomic E-state index is -0.557. The molecular formula is C18H21N5O4S. The Morgan fingerprint density at radius 2 is 2.11 bits per heavy atom. The highest BCUT2D eigenvalue weighted by atomic mass is 32.2. The summed E-state index contributed by atoms with van der Waals surface area (Å²) in [6.45, 7) is 1.68. The highest BCUT2D eigenvalue weighted by Gasteiger charge is 2.47. The molecule has 0 aliphatic carbocycles. The zero-order valence-electron chi connectivity index (χ0n) is 15.5. The maximum Gasteiger partial charge on any atom is 0.410 e. The van der Waals surface area contributed by atoms with Crippen molar-refractivity contribution >= 4 is 23.8 Å². The van der Waals surface area contributed by atoms with Crippen LogP contribution in [0.1, 0.15) is 19.3 Å². The van der Waals surface area contributed by atoms with Crippen LogP contribution in [0, 0.1) is 0 Å². The molecule has 1 atom stereocenters. The van der Waals surface area contributed by atoms with Gasteiger partial charge in [0.2, 0.25) is 11.8 Å². The molecule has 1 unspecified atom stereocenters. The second kappa shape index (κ2) is 7.78. The molecule has 2 amide bonds. The first-order valence-electron chi connectivity index (χ1n) is 9.13. The number of hydrogen-bond acceptors (Lipinski definition) is 8. The van der Waals surface area contributed by atoms with Gasteiger partial charge in [-0.15, -0.1) is 10.2 Å². The average Bonchev–Trinajstić information content (AvgIpc) is 3.27. The van der Waals surface area contributed by atoms with Gasteiger partial charge in [0.1, 0.15) is 5.60 Å². The third-order valence-corrected chi connectivity index (χ3v) is 5.73. The minimum Gasteiger partial charge on any atom is -0.439 e. The Balaban J connectivity index is 1.28. The highest BCUT2D eigenvalue weighted by molar-refractivity contribution is 7.99. The van der Waals surface area contributed by atoms with Gasteiger partial charge in [0, 0.05) is 43.7 Å². The van der Waals surface area contributed by atoms with Gasteiger partial charge in [-0.3, -0.25) is 9.78 Å². The lowest BCUT2D eigenvalue weighted by atomic mass is 9.92. The highest BCUT2D eigenvalue weighted by Crippen LogP contribution is 2.32. The standard InChI is InChI=1S/C18H21N5O4S/c1-22-11-18(27-17(22)25)6-2-9-23(12-18)14(24)5-10-28-16-21-20-15(26-16)13-3-7-19-8-4-13/h3-4,7-8H,2,5-6,9-12H2,1H3. The topological polar surface area (TPSA) is 102 Å². The van der Waals surface area contributed by atoms with Gasteiger partial charge in [-0.1, -0.05) is 11.8 Å². The van der Waals surface area contributed by atoms with Crippen molar-refractivity contribution < 1.29 is 18.7 Å². The lowest BCUT2D eigenvalue weighted by Crippen LogP contribution is -2.52. The van der Waals surface area contributed by atoms with Crippen LogP contribution in [0.15, 0.2) is 34.2 Å². The quantitative estimate of drug-likeness (QED) is 0.699. The molecule has 2 aliphatic rings. The van der Waals surface area contributed by atoms with Crippen molar-refractivity contribution in [2.24, 2.45) is 0 Å². The summed E-state index contributed by atoms with van der Waals surface area (Å²) in [5, 5.41) is 8.47. The van der Waals surface area contributed by atoms with Gasteiger partial charge in [0.15, 0.2) is 0 Å². The maximum absolute atomic E-state index is 12.6. The second-order valence-electron chi connectivity index (χ2n) is 7.03. The molecule has 1 spiro atoms. The summed E-state index contributed by atoms with van der Waals surface area (Å²) in [7, 11) is 1.72. The molecule has 0 bridgehead atoms. The van der Waals surface area contributed by atoms with E-state index in [1.807, 2.05) is 0 Å². The molecule has 2 fully saturated rings. The van der Waals surface area contributed by atoms with E-state index in [1.54, 1.807) is 41.4 Å². The first-order valence-corrected chi connectivity index (χ1v) is 10.1. The summed E-state index contributed by atoms with van der Waals surface area (Å²) >= 11 is 1.36. The number of ether oxygens (including phenoxy) is 1. The average molecular weight is 403 g/mol. The van der Waals surface area contributed by atoms with Crippen molar-refractivity contribution in [1.29, 1.82) is 0 Å². The Bertz CT molecular complexity index is 861. The molecule has 10 heteroatoms. The number of thioether (sulfide) groups is 1. The molecule has 2 aliphatic heterocycles. The molecule has 28 heavy (non-hydrogen) atoms. The van der Waals surface area contributed by atoms with Crippen LogP contribution in [0.3, 0.4) is 0 Å². The minimum absolute atomic E-state index is 0.0473. The van der Waals surface area contributed by atoms with Crippen molar-refractivity contribution in [1.82, 2.24) is 25.0 Å². The molecule has 0 saturated carbocycles. The van der Waals surface area contributed by atoms with Gasteiger partial charge in [-0.25, -0.2) is 4.79 Å². The Morgan fingerprint density at radius 1 is 1.29 bits per heavy atom. The number of hydrogen-bond donors (Lipinski definition) is 0. The largest absolute Gasteiger partial charge is 0.439 e. The van der Waals surface area contributed by atoms with Crippen molar-refractivity contribution in [2.75, 3.05) is 32.4 Å². The Labute approximate surface area is 166 Å². The summed E-state index contributed by atoms with van der Waals surface area (Å²) in [5.74, 6) is 1.02. The normalized spacial score (nSPS) is 22.0. The molecule has 0 radical (unpaired) electrons. The van der Waals surface area contributed by atoms with Crippen LogP contribution in [-0.2, 0) is 9.53 Å². The first-order chi connectivity index (χ1) is 13.5. The van der Waals surface area contributed by atoms with E-state index in [9.17, 15) is 9.59 Å². The molecule has 4 rings (SSSR count). The van der Waals surface area contributed by atoms with Crippen molar-refractivity contribution in [3.8, 4) is 11.5 Å². The number of piperidine rings is 1. The van der Waals surface area contributed by atoms with Gasteiger partial charge in [-0.2, -0.15) is 0 Å². The molecule has 0 N–H and O–H groups in total. The van der Waals surface area contributed by atoms with Crippen molar-refractivity contribution in [2.45, 2.75) is 30.1 Å². The van der Waals surface area contributed by atoms with Gasteiger partial charge in [0.25, 0.3) is 5.22 Å². The number of nitrogens with zero attached hydrogens (tertiary/aromatic N) is 5. The van der Waals surface area contributed by atoms with Gasteiger partial charge < -0.3 is 19.0 Å². The molecule has 148 valence electrons. The van der Waals surface area contributed by atoms with E-state index in [0.717, 1.165) is 18.4 Å². The zero-order chi connectivity index (χ0) is 19.6. The SMILES string of the molecule is CN1CC2(CCCN(C(=O)CCSc3nnc(-c4ccncc4)o3)C2)OC1=O. The van der Waals surface area contributed by atoms with Crippen LogP contribution in [0.5, 0.6) is 0 Å². The monoisotopic (exact) mass is 403 g/mol. The van der Waals surface area contributed by atoms with Crippen LogP contribution in [0.2, 0.25) is 0 Å². The van der Waals surface area contributed by atoms with E-state index < -0.39 is 5.60 Å². The molecule has 0 aromatic carbocycles. The third kappa shape index (κ3) is 3.96. The van der Waals surface area contributed by atoms with Crippen LogP contribution in [0.25, 0.3) is 11.5 Å². The van der Waals surface area contributed by atoms with E-state index in [1.165, 1.54) is 11.8 Å². The van der Waals surface area contributed by atoms with Crippen LogP contribution in [0.4, 0.5) is 4.79 Å². The Morgan fingerprint density at radius 3 is 2.86 bits per heavy atom. The van der Waals surface area contributed by atoms with Crippen LogP contribution in [-0.4, -0.2) is 75.0 Å². The lowest BCUT2D eigenvalue weighted by Gasteiger charge is -2.38. The smallest absolute Gasteiger partial charge is 0.410 e. The maximum atomic E-state index is 12.6. The second-order valence-corrected chi connectivity index (χ2v) is 8.08. The Hall–Kier alpha value is -2.62. The van der Waals surface area contributed by atoms with E-state index >= 15 is 0 Å². The fourth-order valence-corrected chi connectivity index (χ4v) is 4.27. The third-order valence-electron chi connectivity index (χ3n) is 4.91. The number of amides is 2. The Kier molecular flexibility index (Phi) is 5.21. The molecule has 2 saturated heterocycles. The molecule has 2 aromatic rings. The zero-order valence-corrected chi connectivity index (χ0v) is 16.4. The fraction of sp³-hybridized carbons (Fsp3) is 0.500. The van der Waals surface area contributed by atoms with Crippen molar-refractivity contribution in [3.05, 3.63) is 24.5 Å². The molecule has 4 heterocycles. The molecule has 2 aromatic heterocycles. The fourth-order valence-electron chi connectivity index (χ4n) is 3.58. The summed E-state index contributed by atoms with van der Waals surface area (Å²) in [4.78, 5) is 31.7. The number of carbonyl (C=O) groups excluding carboxylic acids is 2.